The maximum atomic E-state index is 9.91. The number of aliphatic hydroxyl groups excluding tert-OH is 2. The molecule has 0 unspecified atom stereocenters. The molecule has 0 radical (unpaired) electrons. The normalized spacial score (nSPS) is 32.2. The van der Waals surface area contributed by atoms with Crippen LogP contribution in [0.15, 0.2) is 24.3 Å². The minimum Gasteiger partial charge on any atom is -0.389 e. The highest BCUT2D eigenvalue weighted by Gasteiger charge is 2.38. The summed E-state index contributed by atoms with van der Waals surface area (Å²) in [6, 6.07) is 7.58. The van der Waals surface area contributed by atoms with E-state index in [-0.39, 0.29) is 12.1 Å². The van der Waals surface area contributed by atoms with Crippen molar-refractivity contribution in [3.8, 4) is 0 Å². The van der Waals surface area contributed by atoms with Crippen molar-refractivity contribution in [2.75, 3.05) is 0 Å². The molecule has 0 aliphatic carbocycles. The number of hydrogen-bond acceptors (Lipinski definition) is 4. The summed E-state index contributed by atoms with van der Waals surface area (Å²) in [7, 11) is 0. The molecule has 0 amide bonds. The van der Waals surface area contributed by atoms with Crippen LogP contribution in [-0.4, -0.2) is 44.5 Å². The lowest BCUT2D eigenvalue weighted by atomic mass is 10.1. The molecule has 0 spiro atoms. The van der Waals surface area contributed by atoms with Gasteiger partial charge in [-0.25, -0.2) is 4.98 Å². The molecular weight excluding hydrogens is 230 g/mol. The van der Waals surface area contributed by atoms with Gasteiger partial charge in [-0.1, -0.05) is 12.1 Å². The van der Waals surface area contributed by atoms with E-state index in [0.717, 1.165) is 16.9 Å². The van der Waals surface area contributed by atoms with Crippen LogP contribution in [0.4, 0.5) is 0 Å². The number of H-pyrrole nitrogens is 1. The van der Waals surface area contributed by atoms with Crippen LogP contribution >= 0.6 is 0 Å². The van der Waals surface area contributed by atoms with E-state index in [9.17, 15) is 10.2 Å². The van der Waals surface area contributed by atoms with E-state index in [1.807, 2.05) is 31.2 Å². The van der Waals surface area contributed by atoms with Crippen LogP contribution in [0.2, 0.25) is 0 Å². The smallest absolute Gasteiger partial charge is 0.108 e. The molecule has 1 aliphatic heterocycles. The molecule has 1 aliphatic rings. The predicted molar refractivity (Wildman–Crippen MR) is 68.2 cm³/mol. The first-order chi connectivity index (χ1) is 8.65. The fourth-order valence-corrected chi connectivity index (χ4v) is 2.56. The molecule has 96 valence electrons. The zero-order valence-corrected chi connectivity index (χ0v) is 10.2. The van der Waals surface area contributed by atoms with Crippen molar-refractivity contribution in [3.63, 3.8) is 0 Å². The SMILES string of the molecule is C[C@H]1N[C@H](Cc2nc3ccccc3[nH]2)[C@H](O)[C@@H]1O. The van der Waals surface area contributed by atoms with Crippen LogP contribution in [0.3, 0.4) is 0 Å². The second kappa shape index (κ2) is 4.35. The van der Waals surface area contributed by atoms with Gasteiger partial charge in [0.25, 0.3) is 0 Å². The lowest BCUT2D eigenvalue weighted by Crippen LogP contribution is -2.35. The van der Waals surface area contributed by atoms with Crippen molar-refractivity contribution < 1.29 is 10.2 Å². The van der Waals surface area contributed by atoms with Crippen LogP contribution in [-0.2, 0) is 6.42 Å². The van der Waals surface area contributed by atoms with Crippen LogP contribution < -0.4 is 5.32 Å². The minimum atomic E-state index is -0.742. The summed E-state index contributed by atoms with van der Waals surface area (Å²) in [5.74, 6) is 0.828. The van der Waals surface area contributed by atoms with Gasteiger partial charge < -0.3 is 20.5 Å². The van der Waals surface area contributed by atoms with Gasteiger partial charge in [0.2, 0.25) is 0 Å². The van der Waals surface area contributed by atoms with Crippen LogP contribution in [0.5, 0.6) is 0 Å². The van der Waals surface area contributed by atoms with E-state index in [1.54, 1.807) is 0 Å². The second-order valence-corrected chi connectivity index (χ2v) is 4.95. The number of hydrogen-bond donors (Lipinski definition) is 4. The molecule has 3 rings (SSSR count). The van der Waals surface area contributed by atoms with Crippen molar-refractivity contribution in [1.29, 1.82) is 0 Å². The van der Waals surface area contributed by atoms with Gasteiger partial charge in [0.15, 0.2) is 0 Å². The Labute approximate surface area is 105 Å². The fourth-order valence-electron chi connectivity index (χ4n) is 2.56. The van der Waals surface area contributed by atoms with E-state index in [1.165, 1.54) is 0 Å². The van der Waals surface area contributed by atoms with Crippen molar-refractivity contribution in [2.24, 2.45) is 0 Å². The fraction of sp³-hybridized carbons (Fsp3) is 0.462. The van der Waals surface area contributed by atoms with Gasteiger partial charge in [0.05, 0.1) is 23.2 Å². The van der Waals surface area contributed by atoms with Gasteiger partial charge in [-0.3, -0.25) is 0 Å². The first-order valence-electron chi connectivity index (χ1n) is 6.21. The number of nitrogens with one attached hydrogen (secondary N) is 2. The molecule has 1 fully saturated rings. The molecule has 4 atom stereocenters. The summed E-state index contributed by atoms with van der Waals surface area (Å²) in [5, 5.41) is 22.8. The van der Waals surface area contributed by atoms with Crippen molar-refractivity contribution in [2.45, 2.75) is 37.6 Å². The Morgan fingerprint density at radius 2 is 2.00 bits per heavy atom. The number of aromatic nitrogens is 2. The third kappa shape index (κ3) is 1.90. The first kappa shape index (κ1) is 11.6. The Morgan fingerprint density at radius 3 is 2.67 bits per heavy atom. The van der Waals surface area contributed by atoms with E-state index in [0.29, 0.717) is 6.42 Å². The first-order valence-corrected chi connectivity index (χ1v) is 6.21. The number of para-hydroxylation sites is 2. The molecule has 1 aromatic heterocycles. The maximum Gasteiger partial charge on any atom is 0.108 e. The molecule has 2 heterocycles. The number of aromatic amines is 1. The number of fused-ring (bicyclic) bond motifs is 1. The highest BCUT2D eigenvalue weighted by atomic mass is 16.3. The number of aliphatic hydroxyl groups is 2. The van der Waals surface area contributed by atoms with Crippen LogP contribution in [0.1, 0.15) is 12.7 Å². The average molecular weight is 247 g/mol. The minimum absolute atomic E-state index is 0.0885. The number of rotatable bonds is 2. The summed E-state index contributed by atoms with van der Waals surface area (Å²) in [4.78, 5) is 7.70. The summed E-state index contributed by atoms with van der Waals surface area (Å²) in [6.07, 6.45) is -0.871. The van der Waals surface area contributed by atoms with Crippen molar-refractivity contribution >= 4 is 11.0 Å². The monoisotopic (exact) mass is 247 g/mol. The third-order valence-electron chi connectivity index (χ3n) is 3.60. The molecule has 4 N–H and O–H groups in total. The van der Waals surface area contributed by atoms with Crippen molar-refractivity contribution in [1.82, 2.24) is 15.3 Å². The zero-order valence-electron chi connectivity index (χ0n) is 10.2. The summed E-state index contributed by atoms with van der Waals surface area (Å²) >= 11 is 0. The Bertz CT molecular complexity index is 521. The van der Waals surface area contributed by atoms with Crippen LogP contribution in [0.25, 0.3) is 11.0 Å². The van der Waals surface area contributed by atoms with Gasteiger partial charge >= 0.3 is 0 Å². The predicted octanol–water partition coefficient (Wildman–Crippen LogP) is 0.187. The standard InChI is InChI=1S/C13H17N3O2/c1-7-12(17)13(18)10(14-7)6-11-15-8-4-2-3-5-9(8)16-11/h2-5,7,10,12-14,17-18H,6H2,1H3,(H,15,16)/t7-,10-,12-,13+/m1/s1. The van der Waals surface area contributed by atoms with Crippen LogP contribution in [0, 0.1) is 0 Å². The summed E-state index contributed by atoms with van der Waals surface area (Å²) in [5.41, 5.74) is 1.92. The van der Waals surface area contributed by atoms with Crippen molar-refractivity contribution in [3.05, 3.63) is 30.1 Å². The molecular formula is C13H17N3O2. The molecule has 0 bridgehead atoms. The Hall–Kier alpha value is -1.43. The van der Waals surface area contributed by atoms with Gasteiger partial charge in [-0.15, -0.1) is 0 Å². The third-order valence-corrected chi connectivity index (χ3v) is 3.60. The molecule has 1 saturated heterocycles. The highest BCUT2D eigenvalue weighted by Crippen LogP contribution is 2.18. The number of imidazole rings is 1. The maximum absolute atomic E-state index is 9.91. The van der Waals surface area contributed by atoms with E-state index >= 15 is 0 Å². The van der Waals surface area contributed by atoms with Gasteiger partial charge in [0, 0.05) is 18.5 Å². The molecule has 0 saturated carbocycles. The Morgan fingerprint density at radius 1 is 1.22 bits per heavy atom. The average Bonchev–Trinajstić information content (AvgIpc) is 2.87. The summed E-state index contributed by atoms with van der Waals surface area (Å²) < 4.78 is 0. The van der Waals surface area contributed by atoms with E-state index in [4.69, 9.17) is 0 Å². The Kier molecular flexibility index (Phi) is 2.81. The topological polar surface area (TPSA) is 81.2 Å². The van der Waals surface area contributed by atoms with Gasteiger partial charge in [0.1, 0.15) is 5.82 Å². The van der Waals surface area contributed by atoms with Gasteiger partial charge in [-0.05, 0) is 19.1 Å². The molecule has 18 heavy (non-hydrogen) atoms. The van der Waals surface area contributed by atoms with Gasteiger partial charge in [-0.2, -0.15) is 0 Å². The molecule has 1 aromatic carbocycles. The highest BCUT2D eigenvalue weighted by molar-refractivity contribution is 5.74. The Balaban J connectivity index is 1.80. The molecule has 5 heteroatoms. The second-order valence-electron chi connectivity index (χ2n) is 4.95. The number of nitrogens with zero attached hydrogens (tertiary/aromatic N) is 1. The van der Waals surface area contributed by atoms with E-state index in [2.05, 4.69) is 15.3 Å². The lowest BCUT2D eigenvalue weighted by molar-refractivity contribution is 0.0302. The lowest BCUT2D eigenvalue weighted by Gasteiger charge is -2.14. The zero-order chi connectivity index (χ0) is 12.7. The number of benzene rings is 1. The largest absolute Gasteiger partial charge is 0.389 e. The summed E-state index contributed by atoms with van der Waals surface area (Å²) in [6.45, 7) is 1.87. The molecule has 5 nitrogen and oxygen atoms in total. The van der Waals surface area contributed by atoms with E-state index < -0.39 is 12.2 Å². The molecule has 2 aromatic rings. The quantitative estimate of drug-likeness (QED) is 0.610.